The van der Waals surface area contributed by atoms with Gasteiger partial charge in [0.15, 0.2) is 0 Å². The molecule has 0 amide bonds. The van der Waals surface area contributed by atoms with E-state index in [0.717, 1.165) is 0 Å². The molecule has 0 aromatic carbocycles. The van der Waals surface area contributed by atoms with E-state index in [4.69, 9.17) is 11.6 Å². The zero-order chi connectivity index (χ0) is 4.83. The fraction of sp³-hybridized carbons (Fsp3) is 0.750. The van der Waals surface area contributed by atoms with E-state index in [1.807, 2.05) is 0 Å². The minimum atomic E-state index is -0.285. The summed E-state index contributed by atoms with van der Waals surface area (Å²) in [4.78, 5) is 0. The lowest BCUT2D eigenvalue weighted by Gasteiger charge is -1.81. The predicted molar refractivity (Wildman–Crippen MR) is 25.6 cm³/mol. The second-order valence-corrected chi connectivity index (χ2v) is 1.23. The lowest BCUT2D eigenvalue weighted by molar-refractivity contribution is 0.493. The number of unbranched alkanes of at least 4 members (excludes halogenated alkanes) is 1. The van der Waals surface area contributed by atoms with Gasteiger partial charge in [0.2, 0.25) is 0 Å². The summed E-state index contributed by atoms with van der Waals surface area (Å²) in [6, 6.07) is 0. The van der Waals surface area contributed by atoms with Crippen LogP contribution in [0.4, 0.5) is 4.39 Å². The minimum Gasteiger partial charge on any atom is -0.251 e. The van der Waals surface area contributed by atoms with E-state index < -0.39 is 0 Å². The van der Waals surface area contributed by atoms with Crippen LogP contribution in [0, 0.1) is 6.42 Å². The Hall–Kier alpha value is 0.220. The second kappa shape index (κ2) is 5.22. The van der Waals surface area contributed by atoms with E-state index in [2.05, 4.69) is 0 Å². The van der Waals surface area contributed by atoms with E-state index in [1.54, 1.807) is 6.42 Å². The quantitative estimate of drug-likeness (QED) is 0.383. The SMILES string of the molecule is FCC[CH]CCl. The van der Waals surface area contributed by atoms with Crippen LogP contribution in [0.5, 0.6) is 0 Å². The highest BCUT2D eigenvalue weighted by Crippen LogP contribution is 1.88. The summed E-state index contributed by atoms with van der Waals surface area (Å²) < 4.78 is 11.1. The third-order valence-corrected chi connectivity index (χ3v) is 0.641. The van der Waals surface area contributed by atoms with Crippen molar-refractivity contribution >= 4 is 11.6 Å². The zero-order valence-electron chi connectivity index (χ0n) is 3.45. The smallest absolute Gasteiger partial charge is 0.0897 e. The largest absolute Gasteiger partial charge is 0.251 e. The Morgan fingerprint density at radius 1 is 1.67 bits per heavy atom. The third kappa shape index (κ3) is 4.22. The topological polar surface area (TPSA) is 0 Å². The standard InChI is InChI=1S/C4H7ClF/c5-3-1-2-4-6/h1H,2-4H2. The first kappa shape index (κ1) is 6.22. The van der Waals surface area contributed by atoms with Gasteiger partial charge in [0.1, 0.15) is 0 Å². The van der Waals surface area contributed by atoms with E-state index in [-0.39, 0.29) is 6.67 Å². The van der Waals surface area contributed by atoms with Gasteiger partial charge >= 0.3 is 0 Å². The Balaban J connectivity index is 2.34. The Morgan fingerprint density at radius 3 is 2.50 bits per heavy atom. The Labute approximate surface area is 42.3 Å². The fourth-order valence-electron chi connectivity index (χ4n) is 0.154. The van der Waals surface area contributed by atoms with Crippen molar-refractivity contribution in [2.24, 2.45) is 0 Å². The maximum Gasteiger partial charge on any atom is 0.0897 e. The lowest BCUT2D eigenvalue weighted by atomic mass is 10.4. The molecular formula is C4H7ClF. The molecule has 37 valence electrons. The van der Waals surface area contributed by atoms with Crippen LogP contribution in [0.2, 0.25) is 0 Å². The summed E-state index contributed by atoms with van der Waals surface area (Å²) in [5.41, 5.74) is 0. The van der Waals surface area contributed by atoms with Crippen molar-refractivity contribution in [3.05, 3.63) is 6.42 Å². The molecule has 0 bridgehead atoms. The van der Waals surface area contributed by atoms with Gasteiger partial charge < -0.3 is 0 Å². The number of hydrogen-bond acceptors (Lipinski definition) is 0. The minimum absolute atomic E-state index is 0.285. The fourth-order valence-corrected chi connectivity index (χ4v) is 0.309. The molecule has 0 saturated carbocycles. The van der Waals surface area contributed by atoms with Crippen LogP contribution in [0.25, 0.3) is 0 Å². The monoisotopic (exact) mass is 109 g/mol. The second-order valence-electron chi connectivity index (χ2n) is 0.921. The van der Waals surface area contributed by atoms with Gasteiger partial charge in [-0.3, -0.25) is 4.39 Å². The molecule has 0 aliphatic heterocycles. The Bertz CT molecular complexity index is 19.5. The van der Waals surface area contributed by atoms with Crippen LogP contribution in [0.3, 0.4) is 0 Å². The predicted octanol–water partition coefficient (Wildman–Crippen LogP) is 1.79. The molecule has 0 aromatic heterocycles. The molecule has 0 fully saturated rings. The van der Waals surface area contributed by atoms with Gasteiger partial charge in [0, 0.05) is 5.88 Å². The molecule has 1 radical (unpaired) electrons. The summed E-state index contributed by atoms with van der Waals surface area (Å²) in [7, 11) is 0. The van der Waals surface area contributed by atoms with Crippen molar-refractivity contribution in [2.75, 3.05) is 12.6 Å². The third-order valence-electron chi connectivity index (χ3n) is 0.422. The normalized spacial score (nSPS) is 9.00. The highest BCUT2D eigenvalue weighted by atomic mass is 35.5. The average molecular weight is 110 g/mol. The number of halogens is 2. The summed E-state index contributed by atoms with van der Waals surface area (Å²) in [6.07, 6.45) is 2.19. The van der Waals surface area contributed by atoms with Gasteiger partial charge in [0.05, 0.1) is 6.67 Å². The highest BCUT2D eigenvalue weighted by molar-refractivity contribution is 6.18. The molecule has 0 spiro atoms. The van der Waals surface area contributed by atoms with Crippen LogP contribution in [0.1, 0.15) is 6.42 Å². The average Bonchev–Trinajstić information content (AvgIpc) is 1.61. The molecule has 0 unspecified atom stereocenters. The highest BCUT2D eigenvalue weighted by Gasteiger charge is 1.80. The van der Waals surface area contributed by atoms with Gasteiger partial charge in [-0.05, 0) is 12.8 Å². The maximum atomic E-state index is 11.1. The van der Waals surface area contributed by atoms with E-state index >= 15 is 0 Å². The summed E-state index contributed by atoms with van der Waals surface area (Å²) in [6.45, 7) is -0.285. The van der Waals surface area contributed by atoms with Gasteiger partial charge in [0.25, 0.3) is 0 Å². The first-order valence-electron chi connectivity index (χ1n) is 1.85. The Kier molecular flexibility index (Phi) is 5.41. The molecule has 0 nitrogen and oxygen atoms in total. The molecule has 0 heterocycles. The number of alkyl halides is 2. The van der Waals surface area contributed by atoms with Crippen molar-refractivity contribution in [1.29, 1.82) is 0 Å². The molecule has 0 saturated heterocycles. The van der Waals surface area contributed by atoms with Crippen molar-refractivity contribution in [1.82, 2.24) is 0 Å². The van der Waals surface area contributed by atoms with E-state index in [1.165, 1.54) is 0 Å². The molecule has 0 N–H and O–H groups in total. The number of rotatable bonds is 3. The van der Waals surface area contributed by atoms with E-state index in [0.29, 0.717) is 12.3 Å². The molecule has 0 rings (SSSR count). The molecular weight excluding hydrogens is 102 g/mol. The van der Waals surface area contributed by atoms with E-state index in [9.17, 15) is 4.39 Å². The maximum absolute atomic E-state index is 11.1. The Morgan fingerprint density at radius 2 is 2.33 bits per heavy atom. The lowest BCUT2D eigenvalue weighted by Crippen LogP contribution is -1.77. The van der Waals surface area contributed by atoms with Crippen LogP contribution in [0.15, 0.2) is 0 Å². The van der Waals surface area contributed by atoms with Crippen molar-refractivity contribution < 1.29 is 4.39 Å². The molecule has 0 aliphatic rings. The first-order chi connectivity index (χ1) is 2.91. The number of hydrogen-bond donors (Lipinski definition) is 0. The molecule has 6 heavy (non-hydrogen) atoms. The zero-order valence-corrected chi connectivity index (χ0v) is 4.21. The van der Waals surface area contributed by atoms with Gasteiger partial charge in [-0.15, -0.1) is 11.6 Å². The summed E-state index contributed by atoms with van der Waals surface area (Å²) in [5, 5.41) is 0. The molecule has 2 heteroatoms. The summed E-state index contributed by atoms with van der Waals surface area (Å²) >= 11 is 5.16. The first-order valence-corrected chi connectivity index (χ1v) is 2.39. The van der Waals surface area contributed by atoms with Crippen LogP contribution in [-0.4, -0.2) is 12.6 Å². The van der Waals surface area contributed by atoms with Crippen molar-refractivity contribution in [3.8, 4) is 0 Å². The van der Waals surface area contributed by atoms with Gasteiger partial charge in [-0.2, -0.15) is 0 Å². The van der Waals surface area contributed by atoms with Crippen LogP contribution < -0.4 is 0 Å². The van der Waals surface area contributed by atoms with Crippen molar-refractivity contribution in [3.63, 3.8) is 0 Å². The van der Waals surface area contributed by atoms with Crippen molar-refractivity contribution in [2.45, 2.75) is 6.42 Å². The van der Waals surface area contributed by atoms with Gasteiger partial charge in [-0.25, -0.2) is 0 Å². The molecule has 0 aromatic rings. The van der Waals surface area contributed by atoms with Crippen LogP contribution >= 0.6 is 11.6 Å². The summed E-state index contributed by atoms with van der Waals surface area (Å²) in [5.74, 6) is 0.462. The van der Waals surface area contributed by atoms with Gasteiger partial charge in [-0.1, -0.05) is 0 Å². The van der Waals surface area contributed by atoms with Crippen LogP contribution in [-0.2, 0) is 0 Å². The molecule has 0 atom stereocenters. The molecule has 0 aliphatic carbocycles.